The van der Waals surface area contributed by atoms with Crippen molar-refractivity contribution in [2.24, 2.45) is 0 Å². The molecule has 3 aromatic rings. The Bertz CT molecular complexity index is 1130. The maximum atomic E-state index is 13.3. The SMILES string of the molecule is O=C(Nc1cccc(Cc2ccccc2)c1)NC1(CN2CCCC2Cc2ccc(F)cc2)CCC1. The number of nitrogens with one attached hydrogen (secondary N) is 2. The first-order valence-corrected chi connectivity index (χ1v) is 12.8. The van der Waals surface area contributed by atoms with E-state index in [9.17, 15) is 9.18 Å². The van der Waals surface area contributed by atoms with Gasteiger partial charge in [0.05, 0.1) is 5.54 Å². The lowest BCUT2D eigenvalue weighted by atomic mass is 9.76. The molecule has 0 aromatic heterocycles. The standard InChI is InChI=1S/C30H34FN3O/c31-26-14-12-24(13-15-26)21-28-11-5-18-34(28)22-30(16-6-17-30)33-29(35)32-27-10-4-9-25(20-27)19-23-7-2-1-3-8-23/h1-4,7-10,12-15,20,28H,5-6,11,16-19,21-22H2,(H2,32,33,35). The fraction of sp³-hybridized carbons (Fsp3) is 0.367. The molecule has 0 bridgehead atoms. The molecular weight excluding hydrogens is 437 g/mol. The van der Waals surface area contributed by atoms with Crippen molar-refractivity contribution in [1.82, 2.24) is 10.2 Å². The van der Waals surface area contributed by atoms with Crippen molar-refractivity contribution >= 4 is 11.7 Å². The monoisotopic (exact) mass is 471 g/mol. The molecule has 0 spiro atoms. The average Bonchev–Trinajstić information content (AvgIpc) is 3.26. The van der Waals surface area contributed by atoms with E-state index in [1.807, 2.05) is 42.5 Å². The number of halogens is 1. The molecule has 1 unspecified atom stereocenters. The predicted molar refractivity (Wildman–Crippen MR) is 139 cm³/mol. The summed E-state index contributed by atoms with van der Waals surface area (Å²) in [6.45, 7) is 1.93. The van der Waals surface area contributed by atoms with E-state index in [-0.39, 0.29) is 17.4 Å². The summed E-state index contributed by atoms with van der Waals surface area (Å²) >= 11 is 0. The van der Waals surface area contributed by atoms with Gasteiger partial charge < -0.3 is 10.6 Å². The summed E-state index contributed by atoms with van der Waals surface area (Å²) in [5, 5.41) is 6.39. The molecule has 4 nitrogen and oxygen atoms in total. The van der Waals surface area contributed by atoms with Crippen LogP contribution in [0, 0.1) is 5.82 Å². The van der Waals surface area contributed by atoms with E-state index >= 15 is 0 Å². The molecule has 2 N–H and O–H groups in total. The van der Waals surface area contributed by atoms with Crippen LogP contribution in [-0.2, 0) is 12.8 Å². The van der Waals surface area contributed by atoms with Crippen molar-refractivity contribution < 1.29 is 9.18 Å². The molecular formula is C30H34FN3O. The van der Waals surface area contributed by atoms with Gasteiger partial charge in [-0.05, 0) is 92.4 Å². The lowest BCUT2D eigenvalue weighted by molar-refractivity contribution is 0.109. The van der Waals surface area contributed by atoms with Crippen LogP contribution in [0.3, 0.4) is 0 Å². The van der Waals surface area contributed by atoms with E-state index in [2.05, 4.69) is 39.8 Å². The molecule has 1 aliphatic heterocycles. The molecule has 2 fully saturated rings. The van der Waals surface area contributed by atoms with Crippen molar-refractivity contribution in [1.29, 1.82) is 0 Å². The molecule has 0 radical (unpaired) electrons. The van der Waals surface area contributed by atoms with Crippen LogP contribution >= 0.6 is 0 Å². The number of hydrogen-bond donors (Lipinski definition) is 2. The van der Waals surface area contributed by atoms with Crippen LogP contribution in [0.25, 0.3) is 0 Å². The van der Waals surface area contributed by atoms with Gasteiger partial charge in [0.25, 0.3) is 0 Å². The van der Waals surface area contributed by atoms with Gasteiger partial charge in [-0.3, -0.25) is 4.90 Å². The molecule has 1 saturated heterocycles. The normalized spacial score (nSPS) is 19.2. The zero-order valence-corrected chi connectivity index (χ0v) is 20.2. The topological polar surface area (TPSA) is 44.4 Å². The first-order chi connectivity index (χ1) is 17.1. The quantitative estimate of drug-likeness (QED) is 0.413. The van der Waals surface area contributed by atoms with E-state index in [0.29, 0.717) is 6.04 Å². The van der Waals surface area contributed by atoms with Crippen LogP contribution < -0.4 is 10.6 Å². The van der Waals surface area contributed by atoms with Crippen LogP contribution in [-0.4, -0.2) is 35.6 Å². The number of hydrogen-bond acceptors (Lipinski definition) is 2. The molecule has 182 valence electrons. The first-order valence-electron chi connectivity index (χ1n) is 12.8. The smallest absolute Gasteiger partial charge is 0.319 e. The van der Waals surface area contributed by atoms with E-state index in [1.165, 1.54) is 23.1 Å². The Hall–Kier alpha value is -3.18. The number of carbonyl (C=O) groups is 1. The number of benzene rings is 3. The largest absolute Gasteiger partial charge is 0.331 e. The number of anilines is 1. The van der Waals surface area contributed by atoms with Gasteiger partial charge in [0.1, 0.15) is 5.82 Å². The summed E-state index contributed by atoms with van der Waals surface area (Å²) in [6, 6.07) is 25.6. The Balaban J connectivity index is 1.18. The van der Waals surface area contributed by atoms with E-state index < -0.39 is 0 Å². The Labute approximate surface area is 207 Å². The number of nitrogens with zero attached hydrogens (tertiary/aromatic N) is 1. The lowest BCUT2D eigenvalue weighted by Crippen LogP contribution is -2.61. The summed E-state index contributed by atoms with van der Waals surface area (Å²) in [4.78, 5) is 15.5. The average molecular weight is 472 g/mol. The molecule has 3 aromatic carbocycles. The van der Waals surface area contributed by atoms with E-state index in [1.54, 1.807) is 12.1 Å². The van der Waals surface area contributed by atoms with E-state index in [0.717, 1.165) is 57.3 Å². The van der Waals surface area contributed by atoms with Gasteiger partial charge >= 0.3 is 6.03 Å². The van der Waals surface area contributed by atoms with E-state index in [4.69, 9.17) is 0 Å². The molecule has 1 aliphatic carbocycles. The van der Waals surface area contributed by atoms with Crippen LogP contribution in [0.2, 0.25) is 0 Å². The Kier molecular flexibility index (Phi) is 7.14. The zero-order valence-electron chi connectivity index (χ0n) is 20.2. The summed E-state index contributed by atoms with van der Waals surface area (Å²) in [5.74, 6) is -0.189. The highest BCUT2D eigenvalue weighted by molar-refractivity contribution is 5.90. The lowest BCUT2D eigenvalue weighted by Gasteiger charge is -2.46. The summed E-state index contributed by atoms with van der Waals surface area (Å²) in [7, 11) is 0. The minimum atomic E-state index is -0.189. The molecule has 1 heterocycles. The number of amides is 2. The third-order valence-electron chi connectivity index (χ3n) is 7.51. The molecule has 5 rings (SSSR count). The molecule has 1 atom stereocenters. The van der Waals surface area contributed by atoms with Crippen molar-refractivity contribution in [3.05, 3.63) is 101 Å². The Morgan fingerprint density at radius 1 is 0.914 bits per heavy atom. The van der Waals surface area contributed by atoms with Gasteiger partial charge in [0.2, 0.25) is 0 Å². The van der Waals surface area contributed by atoms with Crippen LogP contribution in [0.5, 0.6) is 0 Å². The number of likely N-dealkylation sites (tertiary alicyclic amines) is 1. The van der Waals surface area contributed by atoms with Gasteiger partial charge in [-0.1, -0.05) is 54.6 Å². The number of urea groups is 1. The summed E-state index contributed by atoms with van der Waals surface area (Å²) in [5.41, 5.74) is 4.25. The van der Waals surface area contributed by atoms with Crippen molar-refractivity contribution in [2.45, 2.75) is 56.5 Å². The third kappa shape index (κ3) is 6.09. The van der Waals surface area contributed by atoms with Crippen LogP contribution in [0.1, 0.15) is 48.8 Å². The summed E-state index contributed by atoms with van der Waals surface area (Å²) < 4.78 is 13.3. The molecule has 5 heteroatoms. The zero-order chi connectivity index (χ0) is 24.1. The third-order valence-corrected chi connectivity index (χ3v) is 7.51. The second-order valence-electron chi connectivity index (χ2n) is 10.2. The maximum Gasteiger partial charge on any atom is 0.319 e. The molecule has 2 amide bonds. The Morgan fingerprint density at radius 3 is 2.43 bits per heavy atom. The Morgan fingerprint density at radius 2 is 1.69 bits per heavy atom. The minimum absolute atomic E-state index is 0.129. The van der Waals surface area contributed by atoms with Gasteiger partial charge in [0, 0.05) is 18.3 Å². The second-order valence-corrected chi connectivity index (χ2v) is 10.2. The highest BCUT2D eigenvalue weighted by Crippen LogP contribution is 2.35. The fourth-order valence-electron chi connectivity index (χ4n) is 5.54. The predicted octanol–water partition coefficient (Wildman–Crippen LogP) is 6.17. The van der Waals surface area contributed by atoms with Crippen molar-refractivity contribution in [2.75, 3.05) is 18.4 Å². The molecule has 1 saturated carbocycles. The summed E-state index contributed by atoms with van der Waals surface area (Å²) in [6.07, 6.45) is 7.24. The van der Waals surface area contributed by atoms with Crippen LogP contribution in [0.4, 0.5) is 14.9 Å². The fourth-order valence-corrected chi connectivity index (χ4v) is 5.54. The van der Waals surface area contributed by atoms with Crippen molar-refractivity contribution in [3.8, 4) is 0 Å². The van der Waals surface area contributed by atoms with Crippen molar-refractivity contribution in [3.63, 3.8) is 0 Å². The first kappa shape index (κ1) is 23.6. The highest BCUT2D eigenvalue weighted by Gasteiger charge is 2.42. The number of rotatable bonds is 8. The maximum absolute atomic E-state index is 13.3. The molecule has 35 heavy (non-hydrogen) atoms. The highest BCUT2D eigenvalue weighted by atomic mass is 19.1. The van der Waals surface area contributed by atoms with Gasteiger partial charge in [-0.25, -0.2) is 9.18 Å². The second kappa shape index (κ2) is 10.6. The van der Waals surface area contributed by atoms with Gasteiger partial charge in [-0.2, -0.15) is 0 Å². The van der Waals surface area contributed by atoms with Gasteiger partial charge in [0.15, 0.2) is 0 Å². The number of carbonyl (C=O) groups excluding carboxylic acids is 1. The van der Waals surface area contributed by atoms with Crippen LogP contribution in [0.15, 0.2) is 78.9 Å². The molecule has 2 aliphatic rings. The minimum Gasteiger partial charge on any atom is -0.331 e. The van der Waals surface area contributed by atoms with Gasteiger partial charge in [-0.15, -0.1) is 0 Å².